The minimum absolute atomic E-state index is 0.0489. The zero-order valence-corrected chi connectivity index (χ0v) is 12.6. The van der Waals surface area contributed by atoms with Gasteiger partial charge in [0.2, 0.25) is 11.2 Å². The maximum atomic E-state index is 13.8. The van der Waals surface area contributed by atoms with Crippen LogP contribution in [-0.2, 0) is 4.79 Å². The van der Waals surface area contributed by atoms with Gasteiger partial charge in [-0.2, -0.15) is 4.98 Å². The van der Waals surface area contributed by atoms with E-state index in [9.17, 15) is 14.0 Å². The number of fused-ring (bicyclic) bond motifs is 2. The van der Waals surface area contributed by atoms with Crippen molar-refractivity contribution in [1.29, 1.82) is 0 Å². The molecule has 1 aromatic rings. The minimum Gasteiger partial charge on any atom is -0.465 e. The van der Waals surface area contributed by atoms with E-state index in [1.54, 1.807) is 0 Å². The molecule has 3 rings (SSSR count). The number of aromatic nitrogens is 2. The fourth-order valence-electron chi connectivity index (χ4n) is 3.90. The number of primary amides is 1. The van der Waals surface area contributed by atoms with Crippen LogP contribution >= 0.6 is 11.6 Å². The number of carbonyl (C=O) groups excluding carboxylic acids is 1. The lowest BCUT2D eigenvalue weighted by Crippen LogP contribution is -2.51. The first-order chi connectivity index (χ1) is 10.9. The first-order valence-corrected chi connectivity index (χ1v) is 7.48. The molecule has 1 heterocycles. The molecule has 2 amide bonds. The molecular formula is C13H15ClFN5O3. The van der Waals surface area contributed by atoms with Gasteiger partial charge < -0.3 is 21.5 Å². The summed E-state index contributed by atoms with van der Waals surface area (Å²) in [5, 5.41) is 14.1. The molecule has 10 heteroatoms. The Kier molecular flexibility index (Phi) is 3.97. The molecule has 2 aliphatic carbocycles. The van der Waals surface area contributed by atoms with Gasteiger partial charge in [-0.15, -0.1) is 0 Å². The average Bonchev–Trinajstić information content (AvgIpc) is 2.99. The van der Waals surface area contributed by atoms with Crippen molar-refractivity contribution < 1.29 is 19.1 Å². The number of anilines is 1. The van der Waals surface area contributed by atoms with Crippen molar-refractivity contribution in [2.75, 3.05) is 5.32 Å². The lowest BCUT2D eigenvalue weighted by molar-refractivity contribution is -0.123. The monoisotopic (exact) mass is 343 g/mol. The second-order valence-electron chi connectivity index (χ2n) is 5.89. The van der Waals surface area contributed by atoms with Gasteiger partial charge >= 0.3 is 6.09 Å². The van der Waals surface area contributed by atoms with Crippen LogP contribution in [-0.4, -0.2) is 39.2 Å². The van der Waals surface area contributed by atoms with Crippen LogP contribution in [0.3, 0.4) is 0 Å². The van der Waals surface area contributed by atoms with Gasteiger partial charge in [0.15, 0.2) is 11.6 Å². The van der Waals surface area contributed by atoms with Crippen LogP contribution < -0.4 is 16.4 Å². The summed E-state index contributed by atoms with van der Waals surface area (Å²) in [5.41, 5.74) is 5.47. The molecule has 0 spiro atoms. The summed E-state index contributed by atoms with van der Waals surface area (Å²) in [4.78, 5) is 30.0. The lowest BCUT2D eigenvalue weighted by Gasteiger charge is -2.34. The molecule has 0 radical (unpaired) electrons. The quantitative estimate of drug-likeness (QED) is 0.599. The maximum Gasteiger partial charge on any atom is 0.404 e. The Morgan fingerprint density at radius 3 is 2.83 bits per heavy atom. The Labute approximate surface area is 135 Å². The highest BCUT2D eigenvalue weighted by Gasteiger charge is 2.55. The number of carboxylic acid groups (broad SMARTS) is 1. The number of amides is 2. The molecule has 0 aliphatic heterocycles. The molecule has 5 N–H and O–H groups in total. The maximum absolute atomic E-state index is 13.8. The molecule has 2 fully saturated rings. The van der Waals surface area contributed by atoms with E-state index in [1.165, 1.54) is 0 Å². The summed E-state index contributed by atoms with van der Waals surface area (Å²) in [5.74, 6) is -2.07. The second-order valence-corrected chi connectivity index (χ2v) is 6.22. The van der Waals surface area contributed by atoms with Crippen LogP contribution in [0.5, 0.6) is 0 Å². The van der Waals surface area contributed by atoms with E-state index in [1.807, 2.05) is 0 Å². The van der Waals surface area contributed by atoms with Crippen molar-refractivity contribution in [3.8, 4) is 0 Å². The van der Waals surface area contributed by atoms with Gasteiger partial charge in [-0.3, -0.25) is 4.79 Å². The van der Waals surface area contributed by atoms with E-state index >= 15 is 0 Å². The van der Waals surface area contributed by atoms with Crippen molar-refractivity contribution in [3.05, 3.63) is 17.3 Å². The third kappa shape index (κ3) is 2.88. The highest BCUT2D eigenvalue weighted by Crippen LogP contribution is 2.49. The fourth-order valence-corrected chi connectivity index (χ4v) is 4.03. The minimum atomic E-state index is -1.13. The summed E-state index contributed by atoms with van der Waals surface area (Å²) >= 11 is 5.67. The van der Waals surface area contributed by atoms with E-state index in [0.717, 1.165) is 6.20 Å². The van der Waals surface area contributed by atoms with Crippen LogP contribution in [0.4, 0.5) is 15.0 Å². The van der Waals surface area contributed by atoms with Crippen LogP contribution in [0.25, 0.3) is 0 Å². The number of rotatable bonds is 4. The molecule has 2 unspecified atom stereocenters. The van der Waals surface area contributed by atoms with E-state index in [-0.39, 0.29) is 29.0 Å². The van der Waals surface area contributed by atoms with Crippen LogP contribution in [0, 0.1) is 23.6 Å². The molecule has 1 aromatic heterocycles. The predicted octanol–water partition coefficient (Wildman–Crippen LogP) is 0.827. The lowest BCUT2D eigenvalue weighted by atomic mass is 9.81. The van der Waals surface area contributed by atoms with E-state index in [0.29, 0.717) is 12.8 Å². The predicted molar refractivity (Wildman–Crippen MR) is 78.3 cm³/mol. The highest BCUT2D eigenvalue weighted by atomic mass is 35.5. The third-order valence-electron chi connectivity index (χ3n) is 4.66. The van der Waals surface area contributed by atoms with Gasteiger partial charge in [0.25, 0.3) is 0 Å². The van der Waals surface area contributed by atoms with Gasteiger partial charge in [0.05, 0.1) is 12.1 Å². The molecule has 23 heavy (non-hydrogen) atoms. The fraction of sp³-hybridized carbons (Fsp3) is 0.538. The second kappa shape index (κ2) is 5.80. The zero-order valence-electron chi connectivity index (χ0n) is 11.9. The molecule has 0 saturated heterocycles. The molecule has 2 aliphatic rings. The highest BCUT2D eigenvalue weighted by molar-refractivity contribution is 6.28. The summed E-state index contributed by atoms with van der Waals surface area (Å²) in [6, 6.07) is -0.825. The zero-order chi connectivity index (χ0) is 16.7. The average molecular weight is 344 g/mol. The number of hydrogen-bond acceptors (Lipinski definition) is 5. The number of carbonyl (C=O) groups is 2. The molecule has 2 saturated carbocycles. The van der Waals surface area contributed by atoms with Gasteiger partial charge in [-0.25, -0.2) is 14.2 Å². The Balaban J connectivity index is 1.86. The summed E-state index contributed by atoms with van der Waals surface area (Å²) in [6.45, 7) is 0. The molecule has 8 nitrogen and oxygen atoms in total. The molecule has 0 aromatic carbocycles. The molecule has 2 bridgehead atoms. The Morgan fingerprint density at radius 2 is 2.17 bits per heavy atom. The van der Waals surface area contributed by atoms with Gasteiger partial charge in [0, 0.05) is 18.0 Å². The number of nitrogens with two attached hydrogens (primary N) is 1. The van der Waals surface area contributed by atoms with E-state index in [4.69, 9.17) is 22.4 Å². The summed E-state index contributed by atoms with van der Waals surface area (Å²) < 4.78 is 13.8. The van der Waals surface area contributed by atoms with E-state index in [2.05, 4.69) is 20.6 Å². The normalized spacial score (nSPS) is 31.8. The van der Waals surface area contributed by atoms with Gasteiger partial charge in [-0.1, -0.05) is 0 Å². The largest absolute Gasteiger partial charge is 0.465 e. The van der Waals surface area contributed by atoms with Crippen molar-refractivity contribution in [2.24, 2.45) is 23.5 Å². The Bertz CT molecular complexity index is 660. The Morgan fingerprint density at radius 1 is 1.43 bits per heavy atom. The van der Waals surface area contributed by atoms with Crippen molar-refractivity contribution >= 4 is 29.4 Å². The Hall–Kier alpha value is -2.16. The SMILES string of the molecule is NC(=O)[C@H]1[C@@H]2CC(NC(=O)O)C(C2)[C@H]1Nc1nc(Cl)ncc1F. The molecule has 124 valence electrons. The van der Waals surface area contributed by atoms with Crippen molar-refractivity contribution in [1.82, 2.24) is 15.3 Å². The number of hydrogen-bond donors (Lipinski definition) is 4. The smallest absolute Gasteiger partial charge is 0.404 e. The number of halogens is 2. The first-order valence-electron chi connectivity index (χ1n) is 7.10. The first kappa shape index (κ1) is 15.7. The van der Waals surface area contributed by atoms with Crippen LogP contribution in [0.2, 0.25) is 5.28 Å². The van der Waals surface area contributed by atoms with E-state index < -0.39 is 29.8 Å². The van der Waals surface area contributed by atoms with Gasteiger partial charge in [0.1, 0.15) is 0 Å². The van der Waals surface area contributed by atoms with Crippen LogP contribution in [0.15, 0.2) is 6.20 Å². The third-order valence-corrected chi connectivity index (χ3v) is 4.84. The number of nitrogens with one attached hydrogen (secondary N) is 2. The molecule has 5 atom stereocenters. The van der Waals surface area contributed by atoms with Crippen molar-refractivity contribution in [2.45, 2.75) is 24.9 Å². The van der Waals surface area contributed by atoms with Crippen molar-refractivity contribution in [3.63, 3.8) is 0 Å². The molecular weight excluding hydrogens is 329 g/mol. The summed E-state index contributed by atoms with van der Waals surface area (Å²) in [7, 11) is 0. The van der Waals surface area contributed by atoms with Crippen LogP contribution in [0.1, 0.15) is 12.8 Å². The topological polar surface area (TPSA) is 130 Å². The van der Waals surface area contributed by atoms with Gasteiger partial charge in [-0.05, 0) is 30.4 Å². The standard InChI is InChI=1S/C13H15ClFN5O3/c14-12-17-3-6(15)11(20-12)19-9-5-1-4(8(9)10(16)21)2-7(5)18-13(22)23/h3-5,7-9,18H,1-2H2,(H2,16,21)(H,22,23)(H,17,19,20)/t4-,5?,7?,8-,9+/m0/s1. The number of nitrogens with zero attached hydrogens (tertiary/aromatic N) is 2. The summed E-state index contributed by atoms with van der Waals surface area (Å²) in [6.07, 6.45) is 0.969.